The van der Waals surface area contributed by atoms with Gasteiger partial charge in [0.25, 0.3) is 0 Å². The number of rotatable bonds is 9. The van der Waals surface area contributed by atoms with Gasteiger partial charge in [-0.3, -0.25) is 0 Å². The SMILES string of the molecule is CCC[CH2][SnH]([CH2]CCC)[CH2]CCC.Clc1ccccc1. The van der Waals surface area contributed by atoms with E-state index >= 15 is 0 Å². The van der Waals surface area contributed by atoms with Gasteiger partial charge in [-0.25, -0.2) is 0 Å². The molecule has 0 saturated carbocycles. The molecular formula is C18H33ClSn. The number of halogens is 1. The molecule has 1 aromatic carbocycles. The Hall–Kier alpha value is 0.309. The van der Waals surface area contributed by atoms with E-state index in [4.69, 9.17) is 11.6 Å². The van der Waals surface area contributed by atoms with Gasteiger partial charge in [0.2, 0.25) is 0 Å². The minimum atomic E-state index is -0.967. The molecule has 0 aliphatic carbocycles. The molecule has 1 aromatic rings. The first kappa shape index (κ1) is 20.3. The molecule has 20 heavy (non-hydrogen) atoms. The molecule has 0 radical (unpaired) electrons. The second-order valence-corrected chi connectivity index (χ2v) is 15.9. The maximum absolute atomic E-state index is 5.54. The third-order valence-electron chi connectivity index (χ3n) is 3.63. The Bertz CT molecular complexity index is 268. The molecule has 116 valence electrons. The van der Waals surface area contributed by atoms with E-state index in [1.807, 2.05) is 30.3 Å². The molecule has 0 amide bonds. The fourth-order valence-electron chi connectivity index (χ4n) is 2.33. The van der Waals surface area contributed by atoms with Crippen molar-refractivity contribution < 1.29 is 0 Å². The number of unbranched alkanes of at least 4 members (excludes halogenated alkanes) is 3. The van der Waals surface area contributed by atoms with Crippen LogP contribution in [0.3, 0.4) is 0 Å². The summed E-state index contributed by atoms with van der Waals surface area (Å²) in [5, 5.41) is 0.794. The van der Waals surface area contributed by atoms with E-state index in [1.54, 1.807) is 13.3 Å². The third-order valence-corrected chi connectivity index (χ3v) is 14.4. The number of hydrogen-bond acceptors (Lipinski definition) is 0. The second-order valence-electron chi connectivity index (χ2n) is 5.59. The van der Waals surface area contributed by atoms with E-state index in [0.29, 0.717) is 0 Å². The summed E-state index contributed by atoms with van der Waals surface area (Å²) in [6.45, 7) is 7.01. The summed E-state index contributed by atoms with van der Waals surface area (Å²) in [5.74, 6) is 0. The summed E-state index contributed by atoms with van der Waals surface area (Å²) in [4.78, 5) is 0. The minimum Gasteiger partial charge on any atom is -0.0843 e. The summed E-state index contributed by atoms with van der Waals surface area (Å²) < 4.78 is 5.08. The van der Waals surface area contributed by atoms with Crippen molar-refractivity contribution in [1.29, 1.82) is 0 Å². The first-order valence-electron chi connectivity index (χ1n) is 8.45. The quantitative estimate of drug-likeness (QED) is 0.391. The Morgan fingerprint density at radius 3 is 1.40 bits per heavy atom. The summed E-state index contributed by atoms with van der Waals surface area (Å²) in [5.41, 5.74) is 0. The molecule has 0 fully saturated rings. The molecule has 0 aliphatic rings. The zero-order valence-electron chi connectivity index (χ0n) is 13.7. The molecule has 0 N–H and O–H groups in total. The Balaban J connectivity index is 0.000000428. The molecule has 0 spiro atoms. The van der Waals surface area contributed by atoms with Gasteiger partial charge < -0.3 is 0 Å². The van der Waals surface area contributed by atoms with E-state index in [-0.39, 0.29) is 0 Å². The van der Waals surface area contributed by atoms with Crippen LogP contribution in [0.15, 0.2) is 30.3 Å². The zero-order valence-corrected chi connectivity index (χ0v) is 17.8. The van der Waals surface area contributed by atoms with Crippen molar-refractivity contribution in [2.45, 2.75) is 72.6 Å². The van der Waals surface area contributed by atoms with Crippen LogP contribution in [0, 0.1) is 0 Å². The van der Waals surface area contributed by atoms with Crippen molar-refractivity contribution in [2.24, 2.45) is 0 Å². The van der Waals surface area contributed by atoms with Crippen LogP contribution in [-0.4, -0.2) is 19.8 Å². The average molecular weight is 404 g/mol. The molecule has 0 atom stereocenters. The van der Waals surface area contributed by atoms with Gasteiger partial charge in [-0.15, -0.1) is 0 Å². The molecule has 0 heterocycles. The van der Waals surface area contributed by atoms with Gasteiger partial charge in [0.05, 0.1) is 0 Å². The van der Waals surface area contributed by atoms with E-state index < -0.39 is 19.8 Å². The summed E-state index contributed by atoms with van der Waals surface area (Å²) in [6, 6.07) is 9.44. The van der Waals surface area contributed by atoms with Gasteiger partial charge in [0.1, 0.15) is 0 Å². The smallest absolute Gasteiger partial charge is 0.0405 e. The van der Waals surface area contributed by atoms with Gasteiger partial charge in [-0.05, 0) is 12.1 Å². The Kier molecular flexibility index (Phi) is 15.9. The predicted octanol–water partition coefficient (Wildman–Crippen LogP) is 6.95. The van der Waals surface area contributed by atoms with Gasteiger partial charge in [0.15, 0.2) is 0 Å². The summed E-state index contributed by atoms with van der Waals surface area (Å²) in [6.07, 6.45) is 8.87. The molecule has 0 nitrogen and oxygen atoms in total. The van der Waals surface area contributed by atoms with Crippen molar-refractivity contribution in [3.8, 4) is 0 Å². The molecule has 0 saturated heterocycles. The maximum atomic E-state index is 5.54. The average Bonchev–Trinajstić information content (AvgIpc) is 2.48. The van der Waals surface area contributed by atoms with Gasteiger partial charge in [-0.1, -0.05) is 29.8 Å². The van der Waals surface area contributed by atoms with E-state index in [9.17, 15) is 0 Å². The van der Waals surface area contributed by atoms with Crippen LogP contribution in [0.1, 0.15) is 59.3 Å². The molecule has 1 rings (SSSR count). The van der Waals surface area contributed by atoms with Crippen molar-refractivity contribution in [1.82, 2.24) is 0 Å². The van der Waals surface area contributed by atoms with Crippen LogP contribution in [0.2, 0.25) is 18.3 Å². The third kappa shape index (κ3) is 13.3. The molecule has 2 heteroatoms. The predicted molar refractivity (Wildman–Crippen MR) is 97.7 cm³/mol. The fraction of sp³-hybridized carbons (Fsp3) is 0.667. The van der Waals surface area contributed by atoms with Crippen LogP contribution < -0.4 is 0 Å². The molecule has 0 bridgehead atoms. The summed E-state index contributed by atoms with van der Waals surface area (Å²) >= 11 is 4.57. The standard InChI is InChI=1S/C6H5Cl.3C4H9.Sn.H/c7-6-4-2-1-3-5-6;3*1-3-4-2;;/h1-5H;3*1,3-4H2,2H3;;. The van der Waals surface area contributed by atoms with Crippen LogP contribution in [0.5, 0.6) is 0 Å². The van der Waals surface area contributed by atoms with Crippen molar-refractivity contribution in [3.63, 3.8) is 0 Å². The van der Waals surface area contributed by atoms with Crippen LogP contribution >= 0.6 is 11.6 Å². The normalized spacial score (nSPS) is 10.2. The Morgan fingerprint density at radius 2 is 1.15 bits per heavy atom. The minimum absolute atomic E-state index is 0.794. The fourth-order valence-corrected chi connectivity index (χ4v) is 13.4. The molecule has 0 unspecified atom stereocenters. The first-order chi connectivity index (χ1) is 9.74. The monoisotopic (exact) mass is 404 g/mol. The van der Waals surface area contributed by atoms with E-state index in [0.717, 1.165) is 5.02 Å². The van der Waals surface area contributed by atoms with E-state index in [2.05, 4.69) is 20.8 Å². The molecular weight excluding hydrogens is 370 g/mol. The number of benzene rings is 1. The Labute approximate surface area is 139 Å². The number of hydrogen-bond donors (Lipinski definition) is 0. The van der Waals surface area contributed by atoms with Crippen molar-refractivity contribution >= 4 is 31.4 Å². The van der Waals surface area contributed by atoms with Crippen LogP contribution in [0.25, 0.3) is 0 Å². The van der Waals surface area contributed by atoms with Crippen molar-refractivity contribution in [3.05, 3.63) is 35.4 Å². The summed E-state index contributed by atoms with van der Waals surface area (Å²) in [7, 11) is 0. The van der Waals surface area contributed by atoms with Gasteiger partial charge >= 0.3 is 92.4 Å². The van der Waals surface area contributed by atoms with E-state index in [1.165, 1.54) is 38.5 Å². The maximum Gasteiger partial charge on any atom is 0.0405 e. The molecule has 0 aromatic heterocycles. The van der Waals surface area contributed by atoms with Gasteiger partial charge in [0, 0.05) is 5.02 Å². The zero-order chi connectivity index (χ0) is 15.1. The topological polar surface area (TPSA) is 0 Å². The Morgan fingerprint density at radius 1 is 0.750 bits per heavy atom. The van der Waals surface area contributed by atoms with Gasteiger partial charge in [-0.2, -0.15) is 0 Å². The van der Waals surface area contributed by atoms with Crippen LogP contribution in [-0.2, 0) is 0 Å². The van der Waals surface area contributed by atoms with Crippen LogP contribution in [0.4, 0.5) is 0 Å². The van der Waals surface area contributed by atoms with Crippen molar-refractivity contribution in [2.75, 3.05) is 0 Å². The largest absolute Gasteiger partial charge is 0.0843 e. The second kappa shape index (κ2) is 15.7. The molecule has 0 aliphatic heterocycles. The first-order valence-corrected chi connectivity index (χ1v) is 15.8.